The van der Waals surface area contributed by atoms with Crippen molar-refractivity contribution in [3.8, 4) is 0 Å². The Morgan fingerprint density at radius 1 is 1.14 bits per heavy atom. The van der Waals surface area contributed by atoms with Crippen molar-refractivity contribution in [1.82, 2.24) is 3.26 Å². The van der Waals surface area contributed by atoms with E-state index in [1.165, 1.54) is 51.4 Å². The molecule has 1 aromatic rings. The first-order chi connectivity index (χ1) is 12.3. The molecule has 0 fully saturated rings. The van der Waals surface area contributed by atoms with Crippen LogP contribution in [0.2, 0.25) is 13.1 Å². The molecule has 1 aliphatic rings. The molecule has 1 amide bonds. The second-order valence-corrected chi connectivity index (χ2v) is 11.3. The minimum absolute atomic E-state index is 0. The molecule has 0 saturated heterocycles. The molecular formula is C22H32Cl2NOSiZr. The molecule has 0 aromatic heterocycles. The standard InChI is InChI=1S/C22H33NOSi.2ClH.Zr/c1-8-9-10-17-11-12-18(22(23)24)20(21(17)25(6)7)19-15(4)13(2)14(3)16(19)5;;;/h11-12,15,25H,8-10H2,1-7H3,(H2,23,24);2*1H;/q;;;+3/p-3. The fraction of sp³-hybridized carbons (Fsp3) is 0.500. The Morgan fingerprint density at radius 2 is 1.75 bits per heavy atom. The van der Waals surface area contributed by atoms with E-state index in [9.17, 15) is 4.79 Å². The summed E-state index contributed by atoms with van der Waals surface area (Å²) >= 11 is 1.05. The zero-order chi connectivity index (χ0) is 19.6. The predicted octanol–water partition coefficient (Wildman–Crippen LogP) is -1.32. The maximum atomic E-state index is 12.8. The monoisotopic (exact) mass is 514 g/mol. The third-order valence-corrected chi connectivity index (χ3v) is 8.35. The molecule has 28 heavy (non-hydrogen) atoms. The van der Waals surface area contributed by atoms with E-state index in [4.69, 9.17) is 0 Å². The molecule has 153 valence electrons. The molecule has 0 heterocycles. The van der Waals surface area contributed by atoms with Gasteiger partial charge in [-0.15, -0.1) is 0 Å². The molecule has 1 unspecified atom stereocenters. The molecule has 1 N–H and O–H groups in total. The van der Waals surface area contributed by atoms with E-state index in [2.05, 4.69) is 63.1 Å². The number of carbonyl (C=O) groups excluding carboxylic acids is 1. The van der Waals surface area contributed by atoms with E-state index in [0.29, 0.717) is 5.92 Å². The number of rotatable bonds is 6. The SMILES string of the molecule is CCCCc1ccc(C(=O)[NH][Zr+2])c(C2=C(C)C(C)=C(C)C2C)c1[SiH](C)C.[Cl-].[Cl-]. The van der Waals surface area contributed by atoms with Crippen LogP contribution in [0.4, 0.5) is 0 Å². The number of allylic oxidation sites excluding steroid dienone is 4. The first-order valence-electron chi connectivity index (χ1n) is 9.77. The van der Waals surface area contributed by atoms with Gasteiger partial charge in [-0.3, -0.25) is 0 Å². The normalized spacial score (nSPS) is 16.3. The van der Waals surface area contributed by atoms with E-state index in [1.54, 1.807) is 0 Å². The van der Waals surface area contributed by atoms with Crippen molar-refractivity contribution in [2.75, 3.05) is 0 Å². The van der Waals surface area contributed by atoms with Crippen molar-refractivity contribution in [3.63, 3.8) is 0 Å². The van der Waals surface area contributed by atoms with Crippen LogP contribution in [0.1, 0.15) is 68.9 Å². The van der Waals surface area contributed by atoms with Crippen molar-refractivity contribution < 1.29 is 54.6 Å². The van der Waals surface area contributed by atoms with Crippen LogP contribution in [0.15, 0.2) is 28.9 Å². The van der Waals surface area contributed by atoms with Crippen LogP contribution in [0, 0.1) is 5.92 Å². The molecule has 6 heteroatoms. The number of benzene rings is 1. The van der Waals surface area contributed by atoms with Crippen LogP contribution < -0.4 is 33.3 Å². The van der Waals surface area contributed by atoms with Gasteiger partial charge >= 0.3 is 177 Å². The van der Waals surface area contributed by atoms with Crippen molar-refractivity contribution in [1.29, 1.82) is 0 Å². The molecule has 2 nitrogen and oxygen atoms in total. The minimum Gasteiger partial charge on any atom is -1.00 e. The Morgan fingerprint density at radius 3 is 2.18 bits per heavy atom. The molecule has 0 radical (unpaired) electrons. The van der Waals surface area contributed by atoms with E-state index < -0.39 is 8.80 Å². The molecule has 0 saturated carbocycles. The fourth-order valence-electron chi connectivity index (χ4n) is 4.22. The van der Waals surface area contributed by atoms with E-state index in [0.717, 1.165) is 37.0 Å². The van der Waals surface area contributed by atoms with Crippen molar-refractivity contribution in [2.45, 2.75) is 67.0 Å². The average Bonchev–Trinajstić information content (AvgIpc) is 2.81. The summed E-state index contributed by atoms with van der Waals surface area (Å²) in [4.78, 5) is 12.8. The van der Waals surface area contributed by atoms with Gasteiger partial charge in [-0.05, 0) is 0 Å². The van der Waals surface area contributed by atoms with Gasteiger partial charge < -0.3 is 24.8 Å². The first-order valence-corrected chi connectivity index (χ1v) is 13.9. The van der Waals surface area contributed by atoms with Gasteiger partial charge in [0.2, 0.25) is 0 Å². The summed E-state index contributed by atoms with van der Waals surface area (Å²) in [5.74, 6) is 0.463. The number of unbranched alkanes of at least 4 members (excludes halogenated alkanes) is 1. The minimum atomic E-state index is -1.11. The van der Waals surface area contributed by atoms with Gasteiger partial charge in [0.1, 0.15) is 0 Å². The van der Waals surface area contributed by atoms with Gasteiger partial charge in [-0.25, -0.2) is 0 Å². The average molecular weight is 517 g/mol. The van der Waals surface area contributed by atoms with Crippen LogP contribution in [-0.4, -0.2) is 14.7 Å². The zero-order valence-electron chi connectivity index (χ0n) is 18.1. The Labute approximate surface area is 200 Å². The maximum absolute atomic E-state index is 12.8. The van der Waals surface area contributed by atoms with Gasteiger partial charge in [-0.1, -0.05) is 0 Å². The van der Waals surface area contributed by atoms with Crippen molar-refractivity contribution in [3.05, 3.63) is 45.5 Å². The third-order valence-electron chi connectivity index (χ3n) is 5.98. The number of amides is 1. The van der Waals surface area contributed by atoms with Gasteiger partial charge in [-0.2, -0.15) is 0 Å². The summed E-state index contributed by atoms with van der Waals surface area (Å²) in [6.07, 6.45) is 3.53. The summed E-state index contributed by atoms with van der Waals surface area (Å²) in [6, 6.07) is 4.31. The number of aryl methyl sites for hydroxylation is 1. The number of nitrogens with one attached hydrogen (secondary N) is 1. The van der Waals surface area contributed by atoms with Crippen LogP contribution in [0.3, 0.4) is 0 Å². The van der Waals surface area contributed by atoms with Crippen LogP contribution in [-0.2, 0) is 31.4 Å². The quantitative estimate of drug-likeness (QED) is 0.468. The fourth-order valence-corrected chi connectivity index (χ4v) is 6.42. The number of hydrogen-bond donors (Lipinski definition) is 1. The Kier molecular flexibility index (Phi) is 11.8. The van der Waals surface area contributed by atoms with Crippen LogP contribution in [0.25, 0.3) is 5.57 Å². The summed E-state index contributed by atoms with van der Waals surface area (Å²) in [6.45, 7) is 16.1. The molecule has 1 aromatic carbocycles. The van der Waals surface area contributed by atoms with E-state index in [-0.39, 0.29) is 30.7 Å². The summed E-state index contributed by atoms with van der Waals surface area (Å²) < 4.78 is 2.96. The Bertz CT molecular complexity index is 787. The maximum Gasteiger partial charge on any atom is -1.00 e. The zero-order valence-corrected chi connectivity index (χ0v) is 23.2. The van der Waals surface area contributed by atoms with Crippen LogP contribution >= 0.6 is 0 Å². The van der Waals surface area contributed by atoms with Gasteiger partial charge in [0.15, 0.2) is 0 Å². The van der Waals surface area contributed by atoms with E-state index >= 15 is 0 Å². The van der Waals surface area contributed by atoms with Gasteiger partial charge in [0.25, 0.3) is 0 Å². The molecule has 0 bridgehead atoms. The van der Waals surface area contributed by atoms with Gasteiger partial charge in [0.05, 0.1) is 0 Å². The predicted molar refractivity (Wildman–Crippen MR) is 111 cm³/mol. The van der Waals surface area contributed by atoms with E-state index in [1.807, 2.05) is 0 Å². The smallest absolute Gasteiger partial charge is 1.00 e. The summed E-state index contributed by atoms with van der Waals surface area (Å²) in [7, 11) is -1.11. The van der Waals surface area contributed by atoms with Crippen molar-refractivity contribution in [2.24, 2.45) is 5.92 Å². The molecule has 0 spiro atoms. The number of halogens is 2. The Hall–Kier alpha value is -0.150. The molecule has 0 aliphatic heterocycles. The number of hydrogen-bond acceptors (Lipinski definition) is 1. The summed E-state index contributed by atoms with van der Waals surface area (Å²) in [5, 5.41) is 1.51. The summed E-state index contributed by atoms with van der Waals surface area (Å²) in [5.41, 5.74) is 9.22. The van der Waals surface area contributed by atoms with Crippen molar-refractivity contribution >= 4 is 25.5 Å². The Balaban J connectivity index is 0.00000364. The largest absolute Gasteiger partial charge is 1.00 e. The molecule has 1 atom stereocenters. The van der Waals surface area contributed by atoms with Crippen LogP contribution in [0.5, 0.6) is 0 Å². The van der Waals surface area contributed by atoms with Gasteiger partial charge in [0, 0.05) is 0 Å². The molecule has 1 aliphatic carbocycles. The number of carbonyl (C=O) groups is 1. The molecule has 2 rings (SSSR count). The third kappa shape index (κ3) is 5.31. The molecular weight excluding hydrogens is 484 g/mol. The first kappa shape index (κ1) is 27.8. The second kappa shape index (κ2) is 11.9. The second-order valence-electron chi connectivity index (χ2n) is 7.84. The topological polar surface area (TPSA) is 29.1 Å².